The maximum Gasteiger partial charge on any atom is 0.181 e. The molecule has 0 saturated carbocycles. The van der Waals surface area contributed by atoms with E-state index in [9.17, 15) is 9.18 Å². The minimum atomic E-state index is -0.334. The molecule has 0 aliphatic rings. The van der Waals surface area contributed by atoms with Crippen molar-refractivity contribution in [1.82, 2.24) is 0 Å². The highest BCUT2D eigenvalue weighted by Crippen LogP contribution is 2.14. The summed E-state index contributed by atoms with van der Waals surface area (Å²) in [5.41, 5.74) is 3.74. The summed E-state index contributed by atoms with van der Waals surface area (Å²) in [6, 6.07) is 11.7. The molecule has 0 fully saturated rings. The average molecular weight is 257 g/mol. The first-order valence-corrected chi connectivity index (χ1v) is 6.15. The van der Waals surface area contributed by atoms with Crippen LogP contribution in [0.15, 0.2) is 42.5 Å². The Labute approximate surface area is 112 Å². The smallest absolute Gasteiger partial charge is 0.181 e. The summed E-state index contributed by atoms with van der Waals surface area (Å²) in [6.07, 6.45) is 0. The first kappa shape index (κ1) is 13.3. The number of halogens is 1. The molecule has 0 heterocycles. The van der Waals surface area contributed by atoms with Crippen LogP contribution in [0.25, 0.3) is 0 Å². The number of ketones is 1. The van der Waals surface area contributed by atoms with Crippen molar-refractivity contribution in [2.75, 3.05) is 11.9 Å². The van der Waals surface area contributed by atoms with Crippen molar-refractivity contribution < 1.29 is 9.18 Å². The van der Waals surface area contributed by atoms with E-state index >= 15 is 0 Å². The zero-order valence-electron chi connectivity index (χ0n) is 11.0. The van der Waals surface area contributed by atoms with E-state index in [1.807, 2.05) is 26.0 Å². The van der Waals surface area contributed by atoms with Crippen molar-refractivity contribution in [2.24, 2.45) is 0 Å². The van der Waals surface area contributed by atoms with Gasteiger partial charge >= 0.3 is 0 Å². The Kier molecular flexibility index (Phi) is 3.95. The van der Waals surface area contributed by atoms with E-state index < -0.39 is 0 Å². The highest BCUT2D eigenvalue weighted by molar-refractivity contribution is 5.98. The van der Waals surface area contributed by atoms with Gasteiger partial charge in [-0.15, -0.1) is 0 Å². The SMILES string of the molecule is Cc1cc(C)cc(NCC(=O)c2ccc(F)cc2)c1. The van der Waals surface area contributed by atoms with Crippen LogP contribution in [0.5, 0.6) is 0 Å². The number of anilines is 1. The van der Waals surface area contributed by atoms with E-state index in [2.05, 4.69) is 11.4 Å². The topological polar surface area (TPSA) is 29.1 Å². The van der Waals surface area contributed by atoms with Crippen LogP contribution in [0.3, 0.4) is 0 Å². The molecule has 2 rings (SSSR count). The Morgan fingerprint density at radius 1 is 1.05 bits per heavy atom. The van der Waals surface area contributed by atoms with E-state index in [1.54, 1.807) is 0 Å². The van der Waals surface area contributed by atoms with Gasteiger partial charge in [-0.05, 0) is 61.4 Å². The number of Topliss-reactive ketones (excluding diaryl/α,β-unsaturated/α-hetero) is 1. The summed E-state index contributed by atoms with van der Waals surface area (Å²) in [5, 5.41) is 3.10. The van der Waals surface area contributed by atoms with Gasteiger partial charge in [0.15, 0.2) is 5.78 Å². The van der Waals surface area contributed by atoms with Crippen LogP contribution in [0.4, 0.5) is 10.1 Å². The third kappa shape index (κ3) is 3.65. The second kappa shape index (κ2) is 5.65. The monoisotopic (exact) mass is 257 g/mol. The Balaban J connectivity index is 2.02. The third-order valence-corrected chi connectivity index (χ3v) is 2.84. The van der Waals surface area contributed by atoms with Gasteiger partial charge < -0.3 is 5.32 Å². The van der Waals surface area contributed by atoms with Gasteiger partial charge in [-0.2, -0.15) is 0 Å². The predicted molar refractivity (Wildman–Crippen MR) is 75.1 cm³/mol. The maximum absolute atomic E-state index is 12.8. The van der Waals surface area contributed by atoms with Crippen LogP contribution in [0.2, 0.25) is 0 Å². The van der Waals surface area contributed by atoms with Gasteiger partial charge in [0.05, 0.1) is 6.54 Å². The molecule has 0 bridgehead atoms. The minimum absolute atomic E-state index is 0.0563. The molecule has 2 nitrogen and oxygen atoms in total. The van der Waals surface area contributed by atoms with Crippen LogP contribution in [-0.2, 0) is 0 Å². The number of hydrogen-bond acceptors (Lipinski definition) is 2. The molecule has 0 unspecified atom stereocenters. The molecule has 2 aromatic carbocycles. The quantitative estimate of drug-likeness (QED) is 0.845. The standard InChI is InChI=1S/C16H16FNO/c1-11-7-12(2)9-15(8-11)18-10-16(19)13-3-5-14(17)6-4-13/h3-9,18H,10H2,1-2H3. The number of benzene rings is 2. The molecule has 2 aromatic rings. The first-order valence-electron chi connectivity index (χ1n) is 6.15. The second-order valence-electron chi connectivity index (χ2n) is 4.66. The fourth-order valence-corrected chi connectivity index (χ4v) is 2.00. The van der Waals surface area contributed by atoms with E-state index in [0.717, 1.165) is 16.8 Å². The molecule has 0 amide bonds. The summed E-state index contributed by atoms with van der Waals surface area (Å²) in [6.45, 7) is 4.23. The van der Waals surface area contributed by atoms with Gasteiger partial charge in [0.2, 0.25) is 0 Å². The predicted octanol–water partition coefficient (Wildman–Crippen LogP) is 3.74. The zero-order valence-corrected chi connectivity index (χ0v) is 11.0. The molecule has 0 saturated heterocycles. The van der Waals surface area contributed by atoms with Crippen molar-refractivity contribution in [3.05, 3.63) is 65.0 Å². The van der Waals surface area contributed by atoms with Gasteiger partial charge in [0.25, 0.3) is 0 Å². The average Bonchev–Trinajstić information content (AvgIpc) is 2.36. The second-order valence-corrected chi connectivity index (χ2v) is 4.66. The normalized spacial score (nSPS) is 10.3. The van der Waals surface area contributed by atoms with Crippen LogP contribution in [0, 0.1) is 19.7 Å². The van der Waals surface area contributed by atoms with Crippen LogP contribution in [0.1, 0.15) is 21.5 Å². The molecule has 0 aliphatic heterocycles. The summed E-state index contributed by atoms with van der Waals surface area (Å²) < 4.78 is 12.8. The third-order valence-electron chi connectivity index (χ3n) is 2.84. The number of nitrogens with one attached hydrogen (secondary N) is 1. The molecule has 0 aromatic heterocycles. The van der Waals surface area contributed by atoms with E-state index in [4.69, 9.17) is 0 Å². The largest absolute Gasteiger partial charge is 0.378 e. The van der Waals surface area contributed by atoms with Gasteiger partial charge in [-0.25, -0.2) is 4.39 Å². The Morgan fingerprint density at radius 3 is 2.21 bits per heavy atom. The highest BCUT2D eigenvalue weighted by Gasteiger charge is 2.05. The Bertz CT molecular complexity index is 570. The first-order chi connectivity index (χ1) is 9.04. The Hall–Kier alpha value is -2.16. The summed E-state index contributed by atoms with van der Waals surface area (Å²) >= 11 is 0. The fourth-order valence-electron chi connectivity index (χ4n) is 2.00. The molecular formula is C16H16FNO. The summed E-state index contributed by atoms with van der Waals surface area (Å²) in [5.74, 6) is -0.391. The zero-order chi connectivity index (χ0) is 13.8. The molecule has 0 radical (unpaired) electrons. The molecule has 0 atom stereocenters. The maximum atomic E-state index is 12.8. The molecule has 19 heavy (non-hydrogen) atoms. The van der Waals surface area contributed by atoms with Crippen molar-refractivity contribution >= 4 is 11.5 Å². The van der Waals surface area contributed by atoms with Gasteiger partial charge in [-0.1, -0.05) is 6.07 Å². The number of carbonyl (C=O) groups is 1. The van der Waals surface area contributed by atoms with Gasteiger partial charge in [0.1, 0.15) is 5.82 Å². The van der Waals surface area contributed by atoms with Crippen LogP contribution >= 0.6 is 0 Å². The molecule has 0 aliphatic carbocycles. The van der Waals surface area contributed by atoms with Crippen molar-refractivity contribution in [1.29, 1.82) is 0 Å². The Morgan fingerprint density at radius 2 is 1.63 bits per heavy atom. The van der Waals surface area contributed by atoms with Crippen molar-refractivity contribution in [3.63, 3.8) is 0 Å². The number of aryl methyl sites for hydroxylation is 2. The lowest BCUT2D eigenvalue weighted by molar-refractivity contribution is 0.101. The van der Waals surface area contributed by atoms with E-state index in [1.165, 1.54) is 24.3 Å². The molecule has 3 heteroatoms. The molecule has 1 N–H and O–H groups in total. The molecule has 0 spiro atoms. The van der Waals surface area contributed by atoms with Crippen LogP contribution in [-0.4, -0.2) is 12.3 Å². The molecule has 98 valence electrons. The lowest BCUT2D eigenvalue weighted by Crippen LogP contribution is -2.14. The number of hydrogen-bond donors (Lipinski definition) is 1. The van der Waals surface area contributed by atoms with Gasteiger partial charge in [-0.3, -0.25) is 4.79 Å². The molecular weight excluding hydrogens is 241 g/mol. The lowest BCUT2D eigenvalue weighted by atomic mass is 10.1. The number of carbonyl (C=O) groups excluding carboxylic acids is 1. The van der Waals surface area contributed by atoms with Crippen molar-refractivity contribution in [3.8, 4) is 0 Å². The van der Waals surface area contributed by atoms with Crippen molar-refractivity contribution in [2.45, 2.75) is 13.8 Å². The van der Waals surface area contributed by atoms with E-state index in [0.29, 0.717) is 5.56 Å². The minimum Gasteiger partial charge on any atom is -0.378 e. The summed E-state index contributed by atoms with van der Waals surface area (Å²) in [7, 11) is 0. The number of rotatable bonds is 4. The van der Waals surface area contributed by atoms with E-state index in [-0.39, 0.29) is 18.1 Å². The van der Waals surface area contributed by atoms with Gasteiger partial charge in [0, 0.05) is 11.3 Å². The fraction of sp³-hybridized carbons (Fsp3) is 0.188. The lowest BCUT2D eigenvalue weighted by Gasteiger charge is -2.08. The summed E-state index contributed by atoms with van der Waals surface area (Å²) in [4.78, 5) is 11.9. The highest BCUT2D eigenvalue weighted by atomic mass is 19.1. The van der Waals surface area contributed by atoms with Crippen LogP contribution < -0.4 is 5.32 Å².